The van der Waals surface area contributed by atoms with Crippen molar-refractivity contribution < 1.29 is 9.47 Å². The summed E-state index contributed by atoms with van der Waals surface area (Å²) < 4.78 is 10.0. The molecule has 166 valence electrons. The first-order valence-corrected chi connectivity index (χ1v) is 14.7. The Balaban J connectivity index is 2.57. The maximum absolute atomic E-state index is 6.46. The van der Waals surface area contributed by atoms with Gasteiger partial charge in [0.25, 0.3) is 0 Å². The summed E-state index contributed by atoms with van der Waals surface area (Å²) in [5.74, 6) is 1.14. The SMILES string of the molecule is CCCC(C)(N)Oc1ccc(C(c2ccc(OC)cc2)C(Cl)(Cl)Cl)cc1[Si](C)(C)C. The largest absolute Gasteiger partial charge is 0.497 e. The van der Waals surface area contributed by atoms with Crippen molar-refractivity contribution in [3.05, 3.63) is 53.6 Å². The van der Waals surface area contributed by atoms with Crippen molar-refractivity contribution in [1.29, 1.82) is 0 Å². The summed E-state index contributed by atoms with van der Waals surface area (Å²) in [5, 5.41) is 1.15. The van der Waals surface area contributed by atoms with E-state index in [1.807, 2.05) is 43.3 Å². The van der Waals surface area contributed by atoms with Gasteiger partial charge >= 0.3 is 0 Å². The first-order chi connectivity index (χ1) is 13.8. The molecule has 0 heterocycles. The highest BCUT2D eigenvalue weighted by atomic mass is 35.6. The van der Waals surface area contributed by atoms with Gasteiger partial charge in [-0.2, -0.15) is 0 Å². The van der Waals surface area contributed by atoms with Crippen molar-refractivity contribution in [2.45, 2.75) is 61.8 Å². The Morgan fingerprint density at radius 1 is 1.00 bits per heavy atom. The zero-order valence-electron chi connectivity index (χ0n) is 18.6. The molecule has 0 aliphatic rings. The summed E-state index contributed by atoms with van der Waals surface area (Å²) in [7, 11) is -0.153. The molecule has 2 unspecified atom stereocenters. The highest BCUT2D eigenvalue weighted by Crippen LogP contribution is 2.46. The van der Waals surface area contributed by atoms with Crippen LogP contribution < -0.4 is 20.4 Å². The Morgan fingerprint density at radius 3 is 2.03 bits per heavy atom. The molecule has 2 aromatic rings. The van der Waals surface area contributed by atoms with E-state index in [1.54, 1.807) is 7.11 Å². The van der Waals surface area contributed by atoms with Crippen molar-refractivity contribution in [2.24, 2.45) is 5.73 Å². The van der Waals surface area contributed by atoms with Gasteiger partial charge in [0.15, 0.2) is 5.72 Å². The lowest BCUT2D eigenvalue weighted by Gasteiger charge is -2.32. The van der Waals surface area contributed by atoms with Crippen molar-refractivity contribution in [1.82, 2.24) is 0 Å². The van der Waals surface area contributed by atoms with Crippen LogP contribution in [0.25, 0.3) is 0 Å². The molecule has 0 saturated heterocycles. The number of ether oxygens (including phenoxy) is 2. The minimum atomic E-state index is -1.78. The van der Waals surface area contributed by atoms with Gasteiger partial charge in [0, 0.05) is 6.42 Å². The third kappa shape index (κ3) is 6.54. The number of halogens is 3. The molecule has 0 radical (unpaired) electrons. The molecule has 30 heavy (non-hydrogen) atoms. The zero-order chi connectivity index (χ0) is 22.7. The number of alkyl halides is 3. The van der Waals surface area contributed by atoms with Crippen molar-refractivity contribution in [2.75, 3.05) is 7.11 Å². The lowest BCUT2D eigenvalue weighted by atomic mass is 9.92. The zero-order valence-corrected chi connectivity index (χ0v) is 21.8. The van der Waals surface area contributed by atoms with Crippen LogP contribution in [0.3, 0.4) is 0 Å². The molecular weight excluding hydrogens is 457 g/mol. The fraction of sp³-hybridized carbons (Fsp3) is 0.478. The van der Waals surface area contributed by atoms with Crippen LogP contribution in [-0.2, 0) is 0 Å². The van der Waals surface area contributed by atoms with Crippen molar-refractivity contribution >= 4 is 48.1 Å². The van der Waals surface area contributed by atoms with Gasteiger partial charge in [0.1, 0.15) is 11.5 Å². The molecule has 0 fully saturated rings. The van der Waals surface area contributed by atoms with Gasteiger partial charge in [-0.15, -0.1) is 0 Å². The number of nitrogens with two attached hydrogens (primary N) is 1. The average molecular weight is 489 g/mol. The summed E-state index contributed by atoms with van der Waals surface area (Å²) in [5.41, 5.74) is 7.48. The normalized spacial score (nSPS) is 15.4. The van der Waals surface area contributed by atoms with Crippen LogP contribution in [0.1, 0.15) is 43.7 Å². The summed E-state index contributed by atoms with van der Waals surface area (Å²) in [6, 6.07) is 13.7. The van der Waals surface area contributed by atoms with E-state index in [1.165, 1.54) is 0 Å². The Hall–Kier alpha value is -0.913. The molecule has 7 heteroatoms. The van der Waals surface area contributed by atoms with E-state index in [9.17, 15) is 0 Å². The fourth-order valence-electron chi connectivity index (χ4n) is 3.57. The maximum Gasteiger partial charge on any atom is 0.201 e. The topological polar surface area (TPSA) is 44.5 Å². The molecule has 2 rings (SSSR count). The Bertz CT molecular complexity index is 843. The predicted molar refractivity (Wildman–Crippen MR) is 133 cm³/mol. The van der Waals surface area contributed by atoms with Gasteiger partial charge in [-0.05, 0) is 41.4 Å². The molecule has 2 atom stereocenters. The van der Waals surface area contributed by atoms with E-state index in [0.717, 1.165) is 40.7 Å². The number of methoxy groups -OCH3 is 1. The van der Waals surface area contributed by atoms with Gasteiger partial charge in [-0.3, -0.25) is 5.73 Å². The first-order valence-electron chi connectivity index (χ1n) is 10.1. The van der Waals surface area contributed by atoms with E-state index in [0.29, 0.717) is 0 Å². The van der Waals surface area contributed by atoms with Crippen molar-refractivity contribution in [3.8, 4) is 11.5 Å². The van der Waals surface area contributed by atoms with Crippen LogP contribution in [0.2, 0.25) is 19.6 Å². The number of benzene rings is 2. The highest BCUT2D eigenvalue weighted by molar-refractivity contribution is 6.89. The van der Waals surface area contributed by atoms with Gasteiger partial charge < -0.3 is 9.47 Å². The summed E-state index contributed by atoms with van der Waals surface area (Å²) in [6.45, 7) is 10.8. The molecule has 2 aromatic carbocycles. The van der Waals surface area contributed by atoms with E-state index in [2.05, 4.69) is 32.6 Å². The van der Waals surface area contributed by atoms with E-state index >= 15 is 0 Å². The monoisotopic (exact) mass is 487 g/mol. The van der Waals surface area contributed by atoms with E-state index < -0.39 is 23.5 Å². The standard InChI is InChI=1S/C23H32Cl3NO2Si/c1-7-14-22(2,27)29-19-13-10-17(15-20(19)30(4,5)6)21(23(24,25)26)16-8-11-18(28-3)12-9-16/h8-13,15,21H,7,14,27H2,1-6H3. The van der Waals surface area contributed by atoms with Crippen LogP contribution in [0.4, 0.5) is 0 Å². The summed E-state index contributed by atoms with van der Waals surface area (Å²) in [6.07, 6.45) is 1.71. The quantitative estimate of drug-likeness (QED) is 0.259. The second kappa shape index (κ2) is 9.70. The van der Waals surface area contributed by atoms with Crippen LogP contribution >= 0.6 is 34.8 Å². The molecule has 3 nitrogen and oxygen atoms in total. The Labute approximate surface area is 196 Å². The number of hydrogen-bond donors (Lipinski definition) is 1. The van der Waals surface area contributed by atoms with Gasteiger partial charge in [0.2, 0.25) is 3.79 Å². The molecule has 0 saturated carbocycles. The van der Waals surface area contributed by atoms with Crippen LogP contribution in [0.15, 0.2) is 42.5 Å². The Kier molecular flexibility index (Phi) is 8.20. The van der Waals surface area contributed by atoms with E-state index in [4.69, 9.17) is 50.0 Å². The summed E-state index contributed by atoms with van der Waals surface area (Å²) >= 11 is 19.4. The number of hydrogen-bond acceptors (Lipinski definition) is 3. The molecule has 0 aromatic heterocycles. The molecule has 0 spiro atoms. The minimum absolute atomic E-state index is 0.433. The molecule has 0 amide bonds. The lowest BCUT2D eigenvalue weighted by molar-refractivity contribution is 0.0866. The predicted octanol–water partition coefficient (Wildman–Crippen LogP) is 6.60. The second-order valence-corrected chi connectivity index (χ2v) is 16.3. The molecular formula is C23H32Cl3NO2Si. The van der Waals surface area contributed by atoms with Gasteiger partial charge in [-0.1, -0.05) is 92.1 Å². The number of rotatable bonds is 8. The second-order valence-electron chi connectivity index (χ2n) is 8.92. The third-order valence-corrected chi connectivity index (χ3v) is 7.67. The molecule has 0 aliphatic heterocycles. The van der Waals surface area contributed by atoms with E-state index in [-0.39, 0.29) is 0 Å². The minimum Gasteiger partial charge on any atom is -0.497 e. The fourth-order valence-corrected chi connectivity index (χ4v) is 5.80. The highest BCUT2D eigenvalue weighted by Gasteiger charge is 2.37. The summed E-state index contributed by atoms with van der Waals surface area (Å²) in [4.78, 5) is 0. The first kappa shape index (κ1) is 25.3. The lowest BCUT2D eigenvalue weighted by Crippen LogP contribution is -2.46. The smallest absolute Gasteiger partial charge is 0.201 e. The van der Waals surface area contributed by atoms with Crippen LogP contribution in [-0.4, -0.2) is 24.7 Å². The average Bonchev–Trinajstić information content (AvgIpc) is 2.61. The molecule has 0 aliphatic carbocycles. The van der Waals surface area contributed by atoms with Crippen LogP contribution in [0, 0.1) is 0 Å². The van der Waals surface area contributed by atoms with Crippen molar-refractivity contribution in [3.63, 3.8) is 0 Å². The third-order valence-electron chi connectivity index (χ3n) is 5.01. The van der Waals surface area contributed by atoms with Crippen LogP contribution in [0.5, 0.6) is 11.5 Å². The van der Waals surface area contributed by atoms with Gasteiger partial charge in [-0.25, -0.2) is 0 Å². The molecule has 0 bridgehead atoms. The van der Waals surface area contributed by atoms with Gasteiger partial charge in [0.05, 0.1) is 21.1 Å². The molecule has 2 N–H and O–H groups in total. The Morgan fingerprint density at radius 2 is 1.57 bits per heavy atom. The maximum atomic E-state index is 6.46.